The molecule has 3 rings (SSSR count). The summed E-state index contributed by atoms with van der Waals surface area (Å²) in [5.41, 5.74) is 8.32. The van der Waals surface area contributed by atoms with Crippen LogP contribution in [-0.2, 0) is 9.59 Å². The Kier molecular flexibility index (Phi) is 6.45. The van der Waals surface area contributed by atoms with Crippen LogP contribution in [0.3, 0.4) is 0 Å². The zero-order chi connectivity index (χ0) is 19.2. The summed E-state index contributed by atoms with van der Waals surface area (Å²) in [7, 11) is 0. The number of ketones is 1. The van der Waals surface area contributed by atoms with Crippen LogP contribution in [0.2, 0.25) is 0 Å². The van der Waals surface area contributed by atoms with Crippen molar-refractivity contribution >= 4 is 45.2 Å². The third-order valence-electron chi connectivity index (χ3n) is 5.13. The van der Waals surface area contributed by atoms with Gasteiger partial charge in [0, 0.05) is 24.4 Å². The van der Waals surface area contributed by atoms with Crippen molar-refractivity contribution < 1.29 is 9.59 Å². The number of carbonyl (C=O) groups is 2. The molecule has 0 saturated heterocycles. The van der Waals surface area contributed by atoms with Gasteiger partial charge in [0.05, 0.1) is 5.52 Å². The maximum absolute atomic E-state index is 12.4. The minimum atomic E-state index is -0.291. The lowest BCUT2D eigenvalue weighted by Crippen LogP contribution is -2.18. The Morgan fingerprint density at radius 1 is 1.19 bits per heavy atom. The van der Waals surface area contributed by atoms with E-state index >= 15 is 0 Å². The lowest BCUT2D eigenvalue weighted by atomic mass is 9.86. The van der Waals surface area contributed by atoms with Crippen molar-refractivity contribution in [1.82, 2.24) is 4.98 Å². The molecule has 1 amide bonds. The van der Waals surface area contributed by atoms with Crippen LogP contribution in [0, 0.1) is 5.92 Å². The molecule has 1 aliphatic carbocycles. The quantitative estimate of drug-likeness (QED) is 0.798. The minimum Gasteiger partial charge on any atom is -0.370 e. The number of nitrogens with two attached hydrogens (primary N) is 1. The molecule has 1 unspecified atom stereocenters. The van der Waals surface area contributed by atoms with Crippen LogP contribution >= 0.6 is 12.2 Å². The Labute approximate surface area is 164 Å². The monoisotopic (exact) mass is 380 g/mol. The minimum absolute atomic E-state index is 0.143. The van der Waals surface area contributed by atoms with E-state index in [-0.39, 0.29) is 17.6 Å². The van der Waals surface area contributed by atoms with E-state index in [0.717, 1.165) is 52.6 Å². The van der Waals surface area contributed by atoms with E-state index in [0.29, 0.717) is 19.3 Å². The molecular formula is C22H24N2O2S. The average molecular weight is 381 g/mol. The number of allylic oxidation sites excluding steroid dienone is 2. The smallest absolute Gasteiger partial charge is 0.217 e. The molecule has 27 heavy (non-hydrogen) atoms. The molecule has 140 valence electrons. The summed E-state index contributed by atoms with van der Waals surface area (Å²) >= 11 is 5.61. The first-order valence-electron chi connectivity index (χ1n) is 9.43. The molecule has 5 heteroatoms. The van der Waals surface area contributed by atoms with Gasteiger partial charge in [-0.25, -0.2) is 0 Å². The van der Waals surface area contributed by atoms with Crippen LogP contribution in [-0.4, -0.2) is 21.5 Å². The summed E-state index contributed by atoms with van der Waals surface area (Å²) in [6.45, 7) is 0. The maximum Gasteiger partial charge on any atom is 0.217 e. The Bertz CT molecular complexity index is 899. The first kappa shape index (κ1) is 19.4. The molecule has 2 aromatic rings. The van der Waals surface area contributed by atoms with E-state index in [1.807, 2.05) is 30.3 Å². The molecule has 0 radical (unpaired) electrons. The summed E-state index contributed by atoms with van der Waals surface area (Å²) < 4.78 is 0. The fraction of sp³-hybridized carbons (Fsp3) is 0.364. The van der Waals surface area contributed by atoms with Crippen molar-refractivity contribution in [3.05, 3.63) is 48.2 Å². The van der Waals surface area contributed by atoms with Crippen molar-refractivity contribution in [2.45, 2.75) is 44.9 Å². The lowest BCUT2D eigenvalue weighted by Gasteiger charge is -2.20. The first-order valence-corrected chi connectivity index (χ1v) is 9.84. The van der Waals surface area contributed by atoms with Gasteiger partial charge < -0.3 is 5.73 Å². The number of fused-ring (bicyclic) bond motifs is 1. The molecule has 0 aliphatic heterocycles. The molecule has 0 saturated carbocycles. The van der Waals surface area contributed by atoms with E-state index in [1.165, 1.54) is 0 Å². The fourth-order valence-corrected chi connectivity index (χ4v) is 4.07. The van der Waals surface area contributed by atoms with Crippen molar-refractivity contribution in [1.29, 1.82) is 0 Å². The number of hydrogen-bond acceptors (Lipinski definition) is 4. The van der Waals surface area contributed by atoms with Gasteiger partial charge in [0.15, 0.2) is 5.78 Å². The summed E-state index contributed by atoms with van der Waals surface area (Å²) in [5.74, 6) is 0.0300. The molecule has 0 fully saturated rings. The zero-order valence-corrected chi connectivity index (χ0v) is 16.1. The van der Waals surface area contributed by atoms with Gasteiger partial charge in [0.25, 0.3) is 0 Å². The molecule has 1 atom stereocenters. The lowest BCUT2D eigenvalue weighted by molar-refractivity contribution is -0.118. The van der Waals surface area contributed by atoms with Gasteiger partial charge in [0.1, 0.15) is 0 Å². The number of nitrogens with zero attached hydrogens (tertiary/aromatic N) is 1. The van der Waals surface area contributed by atoms with Crippen molar-refractivity contribution in [3.8, 4) is 0 Å². The molecule has 1 aromatic heterocycles. The predicted molar refractivity (Wildman–Crippen MR) is 112 cm³/mol. The van der Waals surface area contributed by atoms with Crippen LogP contribution in [0.15, 0.2) is 42.6 Å². The van der Waals surface area contributed by atoms with Crippen LogP contribution < -0.4 is 5.73 Å². The van der Waals surface area contributed by atoms with Gasteiger partial charge >= 0.3 is 0 Å². The summed E-state index contributed by atoms with van der Waals surface area (Å²) in [6.07, 6.45) is 8.17. The van der Waals surface area contributed by atoms with Crippen LogP contribution in [0.5, 0.6) is 0 Å². The second kappa shape index (κ2) is 9.00. The highest BCUT2D eigenvalue weighted by molar-refractivity contribution is 7.80. The van der Waals surface area contributed by atoms with Gasteiger partial charge in [0.2, 0.25) is 5.91 Å². The molecule has 1 aromatic carbocycles. The number of primary amides is 1. The number of pyridine rings is 1. The number of carbonyl (C=O) groups excluding carboxylic acids is 2. The number of thiocarbonyl (C=S) groups is 1. The zero-order valence-electron chi connectivity index (χ0n) is 15.3. The standard InChI is InChI=1S/C22H24N2O2S/c23-22(26)12-11-15-9-10-16(14-17(25)4-1-8-21(15)27)18-5-2-7-20-19(18)6-3-13-24-20/h2-3,5-7,13-15H,1,4,8-12H2,(H2,23,26). The number of aromatic nitrogens is 1. The number of benzene rings is 1. The van der Waals surface area contributed by atoms with Gasteiger partial charge in [-0.2, -0.15) is 0 Å². The summed E-state index contributed by atoms with van der Waals surface area (Å²) in [4.78, 5) is 29.0. The third-order valence-corrected chi connectivity index (χ3v) is 5.67. The number of rotatable bonds is 4. The topological polar surface area (TPSA) is 73.1 Å². The van der Waals surface area contributed by atoms with Crippen LogP contribution in [0.25, 0.3) is 16.5 Å². The molecule has 4 nitrogen and oxygen atoms in total. The van der Waals surface area contributed by atoms with E-state index in [2.05, 4.69) is 4.98 Å². The third kappa shape index (κ3) is 5.07. The van der Waals surface area contributed by atoms with E-state index < -0.39 is 0 Å². The Balaban J connectivity index is 1.93. The van der Waals surface area contributed by atoms with E-state index in [4.69, 9.17) is 18.0 Å². The highest BCUT2D eigenvalue weighted by atomic mass is 32.1. The first-order chi connectivity index (χ1) is 13.0. The van der Waals surface area contributed by atoms with Crippen LogP contribution in [0.1, 0.15) is 50.5 Å². The second-order valence-corrected chi connectivity index (χ2v) is 7.60. The Hall–Kier alpha value is -2.40. The van der Waals surface area contributed by atoms with Gasteiger partial charge in [-0.3, -0.25) is 14.6 Å². The normalized spacial score (nSPS) is 19.0. The van der Waals surface area contributed by atoms with E-state index in [9.17, 15) is 9.59 Å². The second-order valence-electron chi connectivity index (χ2n) is 7.07. The highest BCUT2D eigenvalue weighted by Crippen LogP contribution is 2.31. The largest absolute Gasteiger partial charge is 0.370 e. The SMILES string of the molecule is NC(=O)CCC1CCC(c2cccc3ncccc23)=CC(=O)CCCC1=S. The molecule has 2 N–H and O–H groups in total. The number of hydrogen-bond donors (Lipinski definition) is 1. The summed E-state index contributed by atoms with van der Waals surface area (Å²) in [6, 6.07) is 9.96. The van der Waals surface area contributed by atoms with Crippen LogP contribution in [0.4, 0.5) is 0 Å². The highest BCUT2D eigenvalue weighted by Gasteiger charge is 2.19. The predicted octanol–water partition coefficient (Wildman–Crippen LogP) is 4.40. The van der Waals surface area contributed by atoms with Gasteiger partial charge in [-0.1, -0.05) is 30.4 Å². The molecular weight excluding hydrogens is 356 g/mol. The van der Waals surface area contributed by atoms with Crippen molar-refractivity contribution in [2.24, 2.45) is 11.7 Å². The number of amides is 1. The fourth-order valence-electron chi connectivity index (χ4n) is 3.69. The molecule has 0 spiro atoms. The Morgan fingerprint density at radius 2 is 2.04 bits per heavy atom. The Morgan fingerprint density at radius 3 is 2.85 bits per heavy atom. The molecule has 1 heterocycles. The maximum atomic E-state index is 12.4. The average Bonchev–Trinajstić information content (AvgIpc) is 2.66. The van der Waals surface area contributed by atoms with Gasteiger partial charge in [-0.05, 0) is 72.2 Å². The van der Waals surface area contributed by atoms with Gasteiger partial charge in [-0.15, -0.1) is 0 Å². The molecule has 0 bridgehead atoms. The van der Waals surface area contributed by atoms with E-state index in [1.54, 1.807) is 12.3 Å². The molecule has 1 aliphatic rings. The van der Waals surface area contributed by atoms with Crippen molar-refractivity contribution in [2.75, 3.05) is 0 Å². The summed E-state index contributed by atoms with van der Waals surface area (Å²) in [5, 5.41) is 1.05. The van der Waals surface area contributed by atoms with Crippen molar-refractivity contribution in [3.63, 3.8) is 0 Å².